The average Bonchev–Trinajstić information content (AvgIpc) is 3.14. The molecule has 4 N–H and O–H groups in total. The van der Waals surface area contributed by atoms with Crippen LogP contribution in [0.3, 0.4) is 0 Å². The largest absolute Gasteiger partial charge is 0.465 e. The molecule has 0 aliphatic carbocycles. The second-order valence-electron chi connectivity index (χ2n) is 5.44. The van der Waals surface area contributed by atoms with E-state index in [2.05, 4.69) is 10.3 Å². The van der Waals surface area contributed by atoms with Crippen molar-refractivity contribution in [3.8, 4) is 0 Å². The Balaban J connectivity index is 1.85. The van der Waals surface area contributed by atoms with Crippen molar-refractivity contribution in [3.05, 3.63) is 40.3 Å². The van der Waals surface area contributed by atoms with Crippen molar-refractivity contribution in [2.75, 3.05) is 17.6 Å². The van der Waals surface area contributed by atoms with Crippen LogP contribution in [-0.2, 0) is 0 Å². The number of carbonyl (C=O) groups is 2. The molecular weight excluding hydrogens is 354 g/mol. The number of nitrogen functional groups attached to an aromatic ring is 1. The predicted molar refractivity (Wildman–Crippen MR) is 87.7 cm³/mol. The summed E-state index contributed by atoms with van der Waals surface area (Å²) >= 11 is 0.831. The monoisotopic (exact) mass is 368 g/mol. The Kier molecular flexibility index (Phi) is 4.53. The summed E-state index contributed by atoms with van der Waals surface area (Å²) in [5.41, 5.74) is 5.02. The van der Waals surface area contributed by atoms with E-state index in [4.69, 9.17) is 10.8 Å². The summed E-state index contributed by atoms with van der Waals surface area (Å²) in [6.07, 6.45) is -0.283. The van der Waals surface area contributed by atoms with Crippen LogP contribution >= 0.6 is 11.3 Å². The molecule has 1 amide bonds. The number of ketones is 1. The fourth-order valence-electron chi connectivity index (χ4n) is 2.67. The minimum Gasteiger partial charge on any atom is -0.465 e. The number of halogens is 2. The van der Waals surface area contributed by atoms with Crippen LogP contribution in [0.25, 0.3) is 0 Å². The topological polar surface area (TPSA) is 109 Å². The van der Waals surface area contributed by atoms with Gasteiger partial charge in [-0.25, -0.2) is 18.6 Å². The number of thiazole rings is 1. The third-order valence-electron chi connectivity index (χ3n) is 3.84. The molecule has 2 heterocycles. The molecule has 1 aromatic carbocycles. The van der Waals surface area contributed by atoms with E-state index in [0.29, 0.717) is 19.4 Å². The van der Waals surface area contributed by atoms with Crippen LogP contribution in [0.1, 0.15) is 28.1 Å². The van der Waals surface area contributed by atoms with Gasteiger partial charge in [0.05, 0.1) is 5.56 Å². The second kappa shape index (κ2) is 6.63. The van der Waals surface area contributed by atoms with Gasteiger partial charge in [0.15, 0.2) is 5.13 Å². The number of nitrogens with two attached hydrogens (primary N) is 1. The Hall–Kier alpha value is -2.75. The highest BCUT2D eigenvalue weighted by molar-refractivity contribution is 7.18. The number of amides is 1. The number of carboxylic acid groups (broad SMARTS) is 1. The summed E-state index contributed by atoms with van der Waals surface area (Å²) < 4.78 is 27.6. The molecule has 1 aromatic heterocycles. The molecule has 0 bridgehead atoms. The first kappa shape index (κ1) is 17.1. The number of hydrogen-bond donors (Lipinski definition) is 3. The maximum atomic E-state index is 13.8. The van der Waals surface area contributed by atoms with Crippen molar-refractivity contribution in [2.45, 2.75) is 19.0 Å². The normalized spacial score (nSPS) is 16.9. The Morgan fingerprint density at radius 1 is 1.36 bits per heavy atom. The maximum Gasteiger partial charge on any atom is 0.408 e. The van der Waals surface area contributed by atoms with Crippen molar-refractivity contribution < 1.29 is 23.5 Å². The van der Waals surface area contributed by atoms with Crippen LogP contribution in [-0.4, -0.2) is 39.6 Å². The zero-order valence-corrected chi connectivity index (χ0v) is 13.6. The molecule has 132 valence electrons. The highest BCUT2D eigenvalue weighted by atomic mass is 32.1. The minimum atomic E-state index is -1.07. The van der Waals surface area contributed by atoms with Gasteiger partial charge in [0.2, 0.25) is 5.78 Å². The van der Waals surface area contributed by atoms with E-state index in [1.54, 1.807) is 0 Å². The van der Waals surface area contributed by atoms with Crippen molar-refractivity contribution in [1.29, 1.82) is 0 Å². The molecule has 10 heteroatoms. The van der Waals surface area contributed by atoms with Crippen LogP contribution in [0.4, 0.5) is 24.5 Å². The predicted octanol–water partition coefficient (Wildman–Crippen LogP) is 2.75. The van der Waals surface area contributed by atoms with E-state index in [-0.39, 0.29) is 15.8 Å². The zero-order chi connectivity index (χ0) is 18.1. The fourth-order valence-corrected chi connectivity index (χ4v) is 3.55. The fraction of sp³-hybridized carbons (Fsp3) is 0.267. The lowest BCUT2D eigenvalue weighted by Gasteiger charge is -2.21. The number of likely N-dealkylation sites (tertiary alicyclic amines) is 1. The molecule has 25 heavy (non-hydrogen) atoms. The third kappa shape index (κ3) is 3.25. The van der Waals surface area contributed by atoms with Gasteiger partial charge in [-0.1, -0.05) is 17.4 Å². The molecule has 1 aliphatic rings. The standard InChI is InChI=1S/C15H14F2N4O3S/c16-7-3-1-4-8(17)10(7)11(22)12-13(18)20-14(25-12)19-9-5-2-6-21(9)15(23)24/h1,3-4,9H,2,5-6,18H2,(H,19,20)(H,23,24). The van der Waals surface area contributed by atoms with Crippen LogP contribution in [0, 0.1) is 11.6 Å². The van der Waals surface area contributed by atoms with Gasteiger partial charge in [-0.3, -0.25) is 9.69 Å². The highest BCUT2D eigenvalue weighted by Crippen LogP contribution is 2.31. The first-order valence-corrected chi connectivity index (χ1v) is 8.21. The van der Waals surface area contributed by atoms with Gasteiger partial charge in [0.1, 0.15) is 28.5 Å². The van der Waals surface area contributed by atoms with E-state index < -0.39 is 35.2 Å². The van der Waals surface area contributed by atoms with E-state index in [1.807, 2.05) is 0 Å². The Morgan fingerprint density at radius 2 is 2.04 bits per heavy atom. The lowest BCUT2D eigenvalue weighted by Crippen LogP contribution is -2.39. The number of carbonyl (C=O) groups excluding carboxylic acids is 1. The zero-order valence-electron chi connectivity index (χ0n) is 12.8. The lowest BCUT2D eigenvalue weighted by molar-refractivity contribution is 0.103. The molecule has 2 aromatic rings. The molecule has 0 radical (unpaired) electrons. The van der Waals surface area contributed by atoms with Gasteiger partial charge in [-0.15, -0.1) is 0 Å². The van der Waals surface area contributed by atoms with E-state index in [9.17, 15) is 18.4 Å². The molecule has 3 rings (SSSR count). The van der Waals surface area contributed by atoms with Gasteiger partial charge >= 0.3 is 6.09 Å². The first-order chi connectivity index (χ1) is 11.9. The van der Waals surface area contributed by atoms with Crippen molar-refractivity contribution in [3.63, 3.8) is 0 Å². The smallest absolute Gasteiger partial charge is 0.408 e. The number of rotatable bonds is 4. The lowest BCUT2D eigenvalue weighted by atomic mass is 10.1. The number of nitrogens with one attached hydrogen (secondary N) is 1. The molecule has 7 nitrogen and oxygen atoms in total. The molecular formula is C15H14F2N4O3S. The SMILES string of the molecule is Nc1nc(NC2CCCN2C(=O)O)sc1C(=O)c1c(F)cccc1F. The van der Waals surface area contributed by atoms with Gasteiger partial charge in [0, 0.05) is 6.54 Å². The molecule has 0 saturated carbocycles. The van der Waals surface area contributed by atoms with Gasteiger partial charge in [0.25, 0.3) is 0 Å². The summed E-state index contributed by atoms with van der Waals surface area (Å²) in [6.45, 7) is 0.389. The summed E-state index contributed by atoms with van der Waals surface area (Å²) in [4.78, 5) is 28.6. The van der Waals surface area contributed by atoms with Crippen molar-refractivity contribution in [2.24, 2.45) is 0 Å². The van der Waals surface area contributed by atoms with Gasteiger partial charge in [-0.2, -0.15) is 0 Å². The molecule has 1 fully saturated rings. The number of nitrogens with zero attached hydrogens (tertiary/aromatic N) is 2. The van der Waals surface area contributed by atoms with E-state index in [1.165, 1.54) is 4.90 Å². The average molecular weight is 368 g/mol. The third-order valence-corrected chi connectivity index (χ3v) is 4.84. The van der Waals surface area contributed by atoms with Gasteiger partial charge in [-0.05, 0) is 25.0 Å². The van der Waals surface area contributed by atoms with Crippen LogP contribution in [0.15, 0.2) is 18.2 Å². The molecule has 1 atom stereocenters. The second-order valence-corrected chi connectivity index (χ2v) is 6.44. The number of benzene rings is 1. The maximum absolute atomic E-state index is 13.8. The number of aromatic nitrogens is 1. The van der Waals surface area contributed by atoms with E-state index >= 15 is 0 Å². The molecule has 1 unspecified atom stereocenters. The highest BCUT2D eigenvalue weighted by Gasteiger charge is 2.30. The van der Waals surface area contributed by atoms with Crippen molar-refractivity contribution >= 4 is 34.2 Å². The summed E-state index contributed by atoms with van der Waals surface area (Å²) in [5.74, 6) is -3.04. The van der Waals surface area contributed by atoms with Crippen LogP contribution in [0.2, 0.25) is 0 Å². The molecule has 0 spiro atoms. The van der Waals surface area contributed by atoms with Crippen molar-refractivity contribution in [1.82, 2.24) is 9.88 Å². The molecule has 1 aliphatic heterocycles. The Bertz CT molecular complexity index is 822. The first-order valence-electron chi connectivity index (χ1n) is 7.39. The quantitative estimate of drug-likeness (QED) is 0.716. The Morgan fingerprint density at radius 3 is 2.68 bits per heavy atom. The number of hydrogen-bond acceptors (Lipinski definition) is 6. The molecule has 1 saturated heterocycles. The Labute approximate surface area is 145 Å². The van der Waals surface area contributed by atoms with Crippen LogP contribution in [0.5, 0.6) is 0 Å². The minimum absolute atomic E-state index is 0.105. The summed E-state index contributed by atoms with van der Waals surface area (Å²) in [7, 11) is 0. The van der Waals surface area contributed by atoms with E-state index in [0.717, 1.165) is 29.5 Å². The number of anilines is 2. The van der Waals surface area contributed by atoms with Crippen LogP contribution < -0.4 is 11.1 Å². The summed E-state index contributed by atoms with van der Waals surface area (Å²) in [5, 5.41) is 12.2. The van der Waals surface area contributed by atoms with Gasteiger partial charge < -0.3 is 16.2 Å². The summed E-state index contributed by atoms with van der Waals surface area (Å²) in [6, 6.07) is 3.12.